The number of nitrogens with zero attached hydrogens (tertiary/aromatic N) is 4. The van der Waals surface area contributed by atoms with Crippen LogP contribution >= 0.6 is 0 Å². The number of ether oxygens (including phenoxy) is 2. The molecule has 0 N–H and O–H groups in total. The zero-order chi connectivity index (χ0) is 17.6. The Balaban J connectivity index is 1.43. The Morgan fingerprint density at radius 2 is 1.88 bits per heavy atom. The van der Waals surface area contributed by atoms with E-state index in [9.17, 15) is 0 Å². The van der Waals surface area contributed by atoms with Crippen molar-refractivity contribution in [3.8, 4) is 5.88 Å². The molecule has 3 rings (SSSR count). The van der Waals surface area contributed by atoms with Gasteiger partial charge in [-0.05, 0) is 52.5 Å². The molecule has 0 spiro atoms. The molecule has 0 amide bonds. The smallest absolute Gasteiger partial charge is 0.218 e. The number of morpholine rings is 1. The lowest BCUT2D eigenvalue weighted by Crippen LogP contribution is -2.46. The van der Waals surface area contributed by atoms with Gasteiger partial charge in [0.15, 0.2) is 0 Å². The normalized spacial score (nSPS) is 26.0. The SMILES string of the molecule is CCOc1cc(N2CCC(CCN3CC(C)OC(C)C3)CC2)ncn1. The predicted octanol–water partition coefficient (Wildman–Crippen LogP) is 2.59. The molecule has 1 aromatic rings. The Morgan fingerprint density at radius 3 is 2.56 bits per heavy atom. The van der Waals surface area contributed by atoms with Crippen LogP contribution in [0.5, 0.6) is 5.88 Å². The second kappa shape index (κ2) is 8.81. The van der Waals surface area contributed by atoms with Crippen LogP contribution in [0.1, 0.15) is 40.0 Å². The van der Waals surface area contributed by atoms with Crippen molar-refractivity contribution in [2.24, 2.45) is 5.92 Å². The lowest BCUT2D eigenvalue weighted by atomic mass is 9.93. The first-order chi connectivity index (χ1) is 12.1. The summed E-state index contributed by atoms with van der Waals surface area (Å²) in [5.74, 6) is 2.48. The van der Waals surface area contributed by atoms with Gasteiger partial charge in [-0.3, -0.25) is 4.90 Å². The number of piperidine rings is 1. The van der Waals surface area contributed by atoms with Gasteiger partial charge in [-0.15, -0.1) is 0 Å². The van der Waals surface area contributed by atoms with Gasteiger partial charge in [-0.2, -0.15) is 0 Å². The standard InChI is InChI=1S/C19H32N4O2/c1-4-24-19-11-18(20-14-21-19)23-9-6-17(7-10-23)5-8-22-12-15(2)25-16(3)13-22/h11,14-17H,4-10,12-13H2,1-3H3. The zero-order valence-electron chi connectivity index (χ0n) is 15.9. The minimum atomic E-state index is 0.364. The van der Waals surface area contributed by atoms with Crippen molar-refractivity contribution in [1.29, 1.82) is 0 Å². The highest BCUT2D eigenvalue weighted by Gasteiger charge is 2.25. The molecule has 6 heteroatoms. The van der Waals surface area contributed by atoms with Gasteiger partial charge in [-0.25, -0.2) is 9.97 Å². The van der Waals surface area contributed by atoms with E-state index >= 15 is 0 Å². The maximum absolute atomic E-state index is 5.83. The molecule has 3 heterocycles. The summed E-state index contributed by atoms with van der Waals surface area (Å²) in [5.41, 5.74) is 0. The van der Waals surface area contributed by atoms with Crippen LogP contribution in [0.4, 0.5) is 5.82 Å². The Bertz CT molecular complexity index is 524. The van der Waals surface area contributed by atoms with Crippen LogP contribution < -0.4 is 9.64 Å². The molecule has 2 aliphatic rings. The average Bonchev–Trinajstić information content (AvgIpc) is 2.60. The van der Waals surface area contributed by atoms with E-state index in [1.54, 1.807) is 6.33 Å². The minimum absolute atomic E-state index is 0.364. The van der Waals surface area contributed by atoms with Crippen molar-refractivity contribution in [2.75, 3.05) is 44.2 Å². The van der Waals surface area contributed by atoms with Crippen LogP contribution in [0, 0.1) is 5.92 Å². The van der Waals surface area contributed by atoms with Gasteiger partial charge >= 0.3 is 0 Å². The number of anilines is 1. The highest BCUT2D eigenvalue weighted by atomic mass is 16.5. The molecular weight excluding hydrogens is 316 g/mol. The number of rotatable bonds is 6. The average molecular weight is 348 g/mol. The van der Waals surface area contributed by atoms with Crippen molar-refractivity contribution in [2.45, 2.75) is 52.2 Å². The van der Waals surface area contributed by atoms with E-state index in [2.05, 4.69) is 33.6 Å². The van der Waals surface area contributed by atoms with Crippen LogP contribution in [-0.4, -0.2) is 66.4 Å². The van der Waals surface area contributed by atoms with Gasteiger partial charge < -0.3 is 14.4 Å². The van der Waals surface area contributed by atoms with Crippen LogP contribution in [0.2, 0.25) is 0 Å². The molecule has 140 valence electrons. The zero-order valence-corrected chi connectivity index (χ0v) is 15.9. The van der Waals surface area contributed by atoms with E-state index in [1.807, 2.05) is 13.0 Å². The van der Waals surface area contributed by atoms with E-state index in [0.29, 0.717) is 24.7 Å². The first kappa shape index (κ1) is 18.4. The monoisotopic (exact) mass is 348 g/mol. The van der Waals surface area contributed by atoms with E-state index in [4.69, 9.17) is 9.47 Å². The highest BCUT2D eigenvalue weighted by molar-refractivity contribution is 5.41. The molecule has 0 bridgehead atoms. The highest BCUT2D eigenvalue weighted by Crippen LogP contribution is 2.26. The van der Waals surface area contributed by atoms with Crippen LogP contribution in [0.15, 0.2) is 12.4 Å². The lowest BCUT2D eigenvalue weighted by molar-refractivity contribution is -0.0690. The molecule has 2 fully saturated rings. The number of hydrogen-bond acceptors (Lipinski definition) is 6. The fourth-order valence-corrected chi connectivity index (χ4v) is 4.01. The molecule has 0 aliphatic carbocycles. The quantitative estimate of drug-likeness (QED) is 0.788. The summed E-state index contributed by atoms with van der Waals surface area (Å²) in [5, 5.41) is 0. The fourth-order valence-electron chi connectivity index (χ4n) is 4.01. The summed E-state index contributed by atoms with van der Waals surface area (Å²) in [4.78, 5) is 13.5. The predicted molar refractivity (Wildman–Crippen MR) is 99.2 cm³/mol. The molecule has 1 aromatic heterocycles. The summed E-state index contributed by atoms with van der Waals surface area (Å²) >= 11 is 0. The van der Waals surface area contributed by atoms with E-state index in [-0.39, 0.29) is 0 Å². The summed E-state index contributed by atoms with van der Waals surface area (Å²) in [6.07, 6.45) is 6.10. The van der Waals surface area contributed by atoms with E-state index in [1.165, 1.54) is 25.8 Å². The molecule has 0 saturated carbocycles. The van der Waals surface area contributed by atoms with Gasteiger partial charge in [0.05, 0.1) is 18.8 Å². The van der Waals surface area contributed by atoms with Gasteiger partial charge in [0, 0.05) is 32.2 Å². The third kappa shape index (κ3) is 5.28. The summed E-state index contributed by atoms with van der Waals surface area (Å²) < 4.78 is 11.3. The second-order valence-corrected chi connectivity index (χ2v) is 7.38. The van der Waals surface area contributed by atoms with Crippen LogP contribution in [-0.2, 0) is 4.74 Å². The minimum Gasteiger partial charge on any atom is -0.478 e. The molecule has 2 saturated heterocycles. The molecule has 2 aliphatic heterocycles. The topological polar surface area (TPSA) is 50.7 Å². The van der Waals surface area contributed by atoms with Gasteiger partial charge in [0.2, 0.25) is 5.88 Å². The Labute approximate surface area is 151 Å². The van der Waals surface area contributed by atoms with Crippen molar-refractivity contribution in [3.05, 3.63) is 12.4 Å². The van der Waals surface area contributed by atoms with Gasteiger partial charge in [-0.1, -0.05) is 0 Å². The molecule has 25 heavy (non-hydrogen) atoms. The second-order valence-electron chi connectivity index (χ2n) is 7.38. The largest absolute Gasteiger partial charge is 0.478 e. The lowest BCUT2D eigenvalue weighted by Gasteiger charge is -2.37. The maximum Gasteiger partial charge on any atom is 0.218 e. The summed E-state index contributed by atoms with van der Waals surface area (Å²) in [7, 11) is 0. The molecule has 0 radical (unpaired) electrons. The van der Waals surface area contributed by atoms with Gasteiger partial charge in [0.25, 0.3) is 0 Å². The fraction of sp³-hybridized carbons (Fsp3) is 0.789. The molecule has 0 aromatic carbocycles. The summed E-state index contributed by atoms with van der Waals surface area (Å²) in [6.45, 7) is 12.5. The number of hydrogen-bond donors (Lipinski definition) is 0. The third-order valence-electron chi connectivity index (χ3n) is 5.21. The van der Waals surface area contributed by atoms with E-state index < -0.39 is 0 Å². The first-order valence-corrected chi connectivity index (χ1v) is 9.71. The molecular formula is C19H32N4O2. The van der Waals surface area contributed by atoms with Crippen molar-refractivity contribution < 1.29 is 9.47 Å². The first-order valence-electron chi connectivity index (χ1n) is 9.71. The van der Waals surface area contributed by atoms with Crippen molar-refractivity contribution in [3.63, 3.8) is 0 Å². The maximum atomic E-state index is 5.83. The Morgan fingerprint density at radius 1 is 1.16 bits per heavy atom. The molecule has 2 unspecified atom stereocenters. The summed E-state index contributed by atoms with van der Waals surface area (Å²) in [6, 6.07) is 1.96. The van der Waals surface area contributed by atoms with E-state index in [0.717, 1.165) is 37.9 Å². The van der Waals surface area contributed by atoms with Gasteiger partial charge in [0.1, 0.15) is 12.1 Å². The Kier molecular flexibility index (Phi) is 6.48. The third-order valence-corrected chi connectivity index (χ3v) is 5.21. The number of aromatic nitrogens is 2. The van der Waals surface area contributed by atoms with Crippen LogP contribution in [0.3, 0.4) is 0 Å². The van der Waals surface area contributed by atoms with Crippen molar-refractivity contribution >= 4 is 5.82 Å². The Hall–Kier alpha value is -1.40. The molecule has 6 nitrogen and oxygen atoms in total. The van der Waals surface area contributed by atoms with Crippen molar-refractivity contribution in [1.82, 2.24) is 14.9 Å². The van der Waals surface area contributed by atoms with Crippen LogP contribution in [0.25, 0.3) is 0 Å². The molecule has 2 atom stereocenters.